The van der Waals surface area contributed by atoms with E-state index in [1.54, 1.807) is 0 Å². The third-order valence-electron chi connectivity index (χ3n) is 4.72. The molecule has 2 heterocycles. The second-order valence-electron chi connectivity index (χ2n) is 7.53. The number of nitrogens with one attached hydrogen (secondary N) is 1. The first-order valence-electron chi connectivity index (χ1n) is 8.46. The molecule has 0 saturated carbocycles. The van der Waals surface area contributed by atoms with Crippen LogP contribution in [-0.2, 0) is 19.0 Å². The van der Waals surface area contributed by atoms with E-state index in [1.807, 2.05) is 12.4 Å². The van der Waals surface area contributed by atoms with Gasteiger partial charge in [0.1, 0.15) is 5.82 Å². The highest BCUT2D eigenvalue weighted by Crippen LogP contribution is 2.25. The van der Waals surface area contributed by atoms with E-state index in [4.69, 9.17) is 0 Å². The number of imidazole rings is 1. The number of benzene rings is 1. The SMILES string of the molecule is Cl.Cn1ccnc1C1CNCCN1Cc1ccc(C(C)(C)C)cc1. The molecule has 4 nitrogen and oxygen atoms in total. The lowest BCUT2D eigenvalue weighted by Crippen LogP contribution is -2.46. The lowest BCUT2D eigenvalue weighted by Gasteiger charge is -2.35. The first-order valence-corrected chi connectivity index (χ1v) is 8.46. The van der Waals surface area contributed by atoms with E-state index in [0.29, 0.717) is 6.04 Å². The third-order valence-corrected chi connectivity index (χ3v) is 4.72. The average Bonchev–Trinajstić information content (AvgIpc) is 2.93. The van der Waals surface area contributed by atoms with Gasteiger partial charge >= 0.3 is 0 Å². The Balaban J connectivity index is 0.00000208. The van der Waals surface area contributed by atoms with Crippen molar-refractivity contribution < 1.29 is 0 Å². The van der Waals surface area contributed by atoms with Crippen molar-refractivity contribution in [2.24, 2.45) is 7.05 Å². The summed E-state index contributed by atoms with van der Waals surface area (Å²) in [4.78, 5) is 7.09. The van der Waals surface area contributed by atoms with Gasteiger partial charge in [-0.3, -0.25) is 4.90 Å². The number of hydrogen-bond acceptors (Lipinski definition) is 3. The molecule has 0 aliphatic carbocycles. The van der Waals surface area contributed by atoms with Crippen molar-refractivity contribution >= 4 is 12.4 Å². The summed E-state index contributed by atoms with van der Waals surface area (Å²) in [6.07, 6.45) is 3.92. The van der Waals surface area contributed by atoms with Gasteiger partial charge in [0.2, 0.25) is 0 Å². The molecule has 1 atom stereocenters. The maximum Gasteiger partial charge on any atom is 0.127 e. The largest absolute Gasteiger partial charge is 0.337 e. The zero-order valence-electron chi connectivity index (χ0n) is 15.1. The molecule has 1 saturated heterocycles. The minimum absolute atomic E-state index is 0. The molecule has 0 bridgehead atoms. The molecule has 3 rings (SSSR count). The van der Waals surface area contributed by atoms with Gasteiger partial charge in [-0.2, -0.15) is 0 Å². The Morgan fingerprint density at radius 3 is 2.50 bits per heavy atom. The van der Waals surface area contributed by atoms with Gasteiger partial charge in [0.15, 0.2) is 0 Å². The molecule has 1 aliphatic rings. The first-order chi connectivity index (χ1) is 10.9. The molecule has 0 spiro atoms. The van der Waals surface area contributed by atoms with Crippen molar-refractivity contribution in [1.82, 2.24) is 19.8 Å². The number of rotatable bonds is 3. The van der Waals surface area contributed by atoms with Crippen molar-refractivity contribution in [1.29, 1.82) is 0 Å². The fraction of sp³-hybridized carbons (Fsp3) is 0.526. The summed E-state index contributed by atoms with van der Waals surface area (Å²) in [6.45, 7) is 10.8. The van der Waals surface area contributed by atoms with Crippen LogP contribution in [0.3, 0.4) is 0 Å². The van der Waals surface area contributed by atoms with Crippen LogP contribution in [0.25, 0.3) is 0 Å². The number of aromatic nitrogens is 2. The maximum atomic E-state index is 4.56. The van der Waals surface area contributed by atoms with E-state index in [9.17, 15) is 0 Å². The molecule has 1 aromatic heterocycles. The van der Waals surface area contributed by atoms with Crippen LogP contribution in [0.4, 0.5) is 0 Å². The molecule has 1 aromatic carbocycles. The van der Waals surface area contributed by atoms with E-state index in [-0.39, 0.29) is 17.8 Å². The molecule has 1 fully saturated rings. The normalized spacial score (nSPS) is 19.1. The van der Waals surface area contributed by atoms with Gasteiger partial charge < -0.3 is 9.88 Å². The highest BCUT2D eigenvalue weighted by atomic mass is 35.5. The van der Waals surface area contributed by atoms with Crippen LogP contribution < -0.4 is 5.32 Å². The molecule has 1 aliphatic heterocycles. The third kappa shape index (κ3) is 4.18. The van der Waals surface area contributed by atoms with E-state index in [1.165, 1.54) is 11.1 Å². The van der Waals surface area contributed by atoms with E-state index in [0.717, 1.165) is 32.0 Å². The number of halogens is 1. The van der Waals surface area contributed by atoms with Crippen molar-refractivity contribution in [2.75, 3.05) is 19.6 Å². The van der Waals surface area contributed by atoms with Gasteiger partial charge in [-0.15, -0.1) is 12.4 Å². The van der Waals surface area contributed by atoms with Crippen LogP contribution in [0.1, 0.15) is 43.8 Å². The van der Waals surface area contributed by atoms with Crippen molar-refractivity contribution in [2.45, 2.75) is 38.8 Å². The Morgan fingerprint density at radius 1 is 1.21 bits per heavy atom. The zero-order chi connectivity index (χ0) is 16.4. The molecule has 1 N–H and O–H groups in total. The van der Waals surface area contributed by atoms with E-state index in [2.05, 4.69) is 71.9 Å². The quantitative estimate of drug-likeness (QED) is 0.924. The molecule has 2 aromatic rings. The minimum Gasteiger partial charge on any atom is -0.337 e. The summed E-state index contributed by atoms with van der Waals surface area (Å²) in [5, 5.41) is 3.50. The summed E-state index contributed by atoms with van der Waals surface area (Å²) >= 11 is 0. The molecular weight excluding hydrogens is 320 g/mol. The van der Waals surface area contributed by atoms with Crippen LogP contribution in [0.5, 0.6) is 0 Å². The van der Waals surface area contributed by atoms with Gasteiger partial charge in [-0.1, -0.05) is 45.0 Å². The van der Waals surface area contributed by atoms with Crippen molar-refractivity contribution in [3.05, 3.63) is 53.6 Å². The number of hydrogen-bond donors (Lipinski definition) is 1. The molecule has 0 radical (unpaired) electrons. The van der Waals surface area contributed by atoms with Gasteiger partial charge in [0.05, 0.1) is 6.04 Å². The van der Waals surface area contributed by atoms with E-state index >= 15 is 0 Å². The summed E-state index contributed by atoms with van der Waals surface area (Å²) in [5.41, 5.74) is 2.98. The second-order valence-corrected chi connectivity index (χ2v) is 7.53. The lowest BCUT2D eigenvalue weighted by atomic mass is 9.86. The van der Waals surface area contributed by atoms with Crippen LogP contribution in [0.15, 0.2) is 36.7 Å². The fourth-order valence-electron chi connectivity index (χ4n) is 3.23. The summed E-state index contributed by atoms with van der Waals surface area (Å²) in [7, 11) is 2.08. The van der Waals surface area contributed by atoms with Gasteiger partial charge in [-0.05, 0) is 16.5 Å². The highest BCUT2D eigenvalue weighted by Gasteiger charge is 2.26. The highest BCUT2D eigenvalue weighted by molar-refractivity contribution is 5.85. The second kappa shape index (κ2) is 7.68. The predicted octanol–water partition coefficient (Wildman–Crippen LogP) is 3.29. The van der Waals surface area contributed by atoms with Crippen LogP contribution in [-0.4, -0.2) is 34.1 Å². The number of aryl methyl sites for hydroxylation is 1. The standard InChI is InChI=1S/C19H28N4.ClH/c1-19(2,3)16-7-5-15(6-8-16)14-23-12-9-20-13-17(23)18-21-10-11-22(18)4;/h5-8,10-11,17,20H,9,12-14H2,1-4H3;1H. The summed E-state index contributed by atoms with van der Waals surface area (Å²) in [5.74, 6) is 1.14. The fourth-order valence-corrected chi connectivity index (χ4v) is 3.23. The van der Waals surface area contributed by atoms with Crippen molar-refractivity contribution in [3.8, 4) is 0 Å². The number of piperazine rings is 1. The van der Waals surface area contributed by atoms with Gasteiger partial charge in [-0.25, -0.2) is 4.98 Å². The topological polar surface area (TPSA) is 33.1 Å². The smallest absolute Gasteiger partial charge is 0.127 e. The molecular formula is C19H29ClN4. The Labute approximate surface area is 151 Å². The average molecular weight is 349 g/mol. The van der Waals surface area contributed by atoms with Crippen LogP contribution in [0.2, 0.25) is 0 Å². The van der Waals surface area contributed by atoms with Crippen molar-refractivity contribution in [3.63, 3.8) is 0 Å². The zero-order valence-corrected chi connectivity index (χ0v) is 15.9. The molecule has 5 heteroatoms. The Morgan fingerprint density at radius 2 is 1.92 bits per heavy atom. The maximum absolute atomic E-state index is 4.56. The van der Waals surface area contributed by atoms with Gasteiger partial charge in [0, 0.05) is 45.6 Å². The summed E-state index contributed by atoms with van der Waals surface area (Å²) < 4.78 is 2.13. The molecule has 0 amide bonds. The monoisotopic (exact) mass is 348 g/mol. The molecule has 1 unspecified atom stereocenters. The number of nitrogens with zero attached hydrogens (tertiary/aromatic N) is 3. The van der Waals surface area contributed by atoms with Crippen LogP contribution in [0, 0.1) is 0 Å². The molecule has 132 valence electrons. The van der Waals surface area contributed by atoms with E-state index < -0.39 is 0 Å². The lowest BCUT2D eigenvalue weighted by molar-refractivity contribution is 0.144. The van der Waals surface area contributed by atoms with Gasteiger partial charge in [0.25, 0.3) is 0 Å². The summed E-state index contributed by atoms with van der Waals surface area (Å²) in [6, 6.07) is 9.43. The van der Waals surface area contributed by atoms with Crippen LogP contribution >= 0.6 is 12.4 Å². The Bertz CT molecular complexity index is 642. The minimum atomic E-state index is 0. The Hall–Kier alpha value is -1.36. The Kier molecular flexibility index (Phi) is 6.07. The first kappa shape index (κ1) is 19.0. The molecule has 24 heavy (non-hydrogen) atoms. The predicted molar refractivity (Wildman–Crippen MR) is 102 cm³/mol.